The Bertz CT molecular complexity index is 1320. The second-order valence-corrected chi connectivity index (χ2v) is 17.9. The van der Waals surface area contributed by atoms with E-state index < -0.39 is 19.6 Å². The van der Waals surface area contributed by atoms with Crippen LogP contribution in [0.15, 0.2) is 34.9 Å². The maximum Gasteiger partial charge on any atom is 0.376 e. The molecule has 0 unspecified atom stereocenters. The molecule has 2 heterocycles. The van der Waals surface area contributed by atoms with Crippen molar-refractivity contribution in [2.45, 2.75) is 84.6 Å². The van der Waals surface area contributed by atoms with E-state index in [1.807, 2.05) is 31.2 Å². The minimum Gasteiger partial charge on any atom is -0.454 e. The number of carbonyl (C=O) groups is 2. The average Bonchev–Trinajstić information content (AvgIpc) is 3.42. The van der Waals surface area contributed by atoms with Crippen LogP contribution in [-0.4, -0.2) is 57.9 Å². The molecule has 10 nitrogen and oxygen atoms in total. The molecule has 1 aliphatic carbocycles. The van der Waals surface area contributed by atoms with Gasteiger partial charge < -0.3 is 19.2 Å². The van der Waals surface area contributed by atoms with Crippen LogP contribution in [0.5, 0.6) is 0 Å². The van der Waals surface area contributed by atoms with Crippen molar-refractivity contribution in [1.82, 2.24) is 25.1 Å². The first-order valence-electron chi connectivity index (χ1n) is 13.4. The number of nitrogens with one attached hydrogen (secondary N) is 1. The number of amides is 1. The lowest BCUT2D eigenvalue weighted by atomic mass is 10.1. The number of ether oxygens (including phenoxy) is 2. The summed E-state index contributed by atoms with van der Waals surface area (Å²) in [4.78, 5) is 34.2. The van der Waals surface area contributed by atoms with Crippen LogP contribution in [0.3, 0.4) is 0 Å². The highest BCUT2D eigenvalue weighted by Crippen LogP contribution is 2.32. The molecule has 1 aromatic carbocycles. The first kappa shape index (κ1) is 28.7. The number of nitrogens with zero attached hydrogens (tertiary/aromatic N) is 4. The van der Waals surface area contributed by atoms with Gasteiger partial charge in [0.25, 0.3) is 5.91 Å². The molecule has 1 saturated carbocycles. The van der Waals surface area contributed by atoms with E-state index in [4.69, 9.17) is 13.9 Å². The molecule has 1 atom stereocenters. The highest BCUT2D eigenvalue weighted by atomic mass is 28.3. The number of rotatable bonds is 11. The number of oxazole rings is 1. The largest absolute Gasteiger partial charge is 0.454 e. The lowest BCUT2D eigenvalue weighted by Crippen LogP contribution is -2.34. The topological polar surface area (TPSA) is 121 Å². The van der Waals surface area contributed by atoms with Gasteiger partial charge in [-0.15, -0.1) is 5.10 Å². The number of aromatic nitrogens is 4. The highest BCUT2D eigenvalue weighted by Gasteiger charge is 2.30. The smallest absolute Gasteiger partial charge is 0.376 e. The van der Waals surface area contributed by atoms with Gasteiger partial charge in [0.2, 0.25) is 17.5 Å². The number of esters is 1. The minimum atomic E-state index is -1.26. The van der Waals surface area contributed by atoms with Crippen molar-refractivity contribution in [3.63, 3.8) is 0 Å². The zero-order valence-electron chi connectivity index (χ0n) is 23.9. The van der Waals surface area contributed by atoms with Gasteiger partial charge in [-0.1, -0.05) is 31.8 Å². The quantitative estimate of drug-likeness (QED) is 0.190. The van der Waals surface area contributed by atoms with E-state index >= 15 is 0 Å². The van der Waals surface area contributed by atoms with Crippen molar-refractivity contribution < 1.29 is 23.5 Å². The fourth-order valence-corrected chi connectivity index (χ4v) is 4.63. The Morgan fingerprint density at radius 3 is 2.59 bits per heavy atom. The lowest BCUT2D eigenvalue weighted by Gasteiger charge is -2.18. The Morgan fingerprint density at radius 2 is 1.92 bits per heavy atom. The number of benzene rings is 1. The van der Waals surface area contributed by atoms with Crippen molar-refractivity contribution in [2.24, 2.45) is 5.92 Å². The van der Waals surface area contributed by atoms with E-state index in [1.54, 1.807) is 25.5 Å². The summed E-state index contributed by atoms with van der Waals surface area (Å²) in [5.41, 5.74) is 0.705. The fourth-order valence-electron chi connectivity index (χ4n) is 3.88. The molecular formula is C28H39N5O5Si. The molecule has 0 radical (unpaired) electrons. The summed E-state index contributed by atoms with van der Waals surface area (Å²) in [6.45, 7) is 15.0. The Balaban J connectivity index is 1.58. The maximum absolute atomic E-state index is 12.9. The van der Waals surface area contributed by atoms with Crippen LogP contribution >= 0.6 is 0 Å². The fraction of sp³-hybridized carbons (Fsp3) is 0.536. The number of hydrogen-bond acceptors (Lipinski definition) is 8. The van der Waals surface area contributed by atoms with E-state index in [9.17, 15) is 9.59 Å². The Morgan fingerprint density at radius 1 is 1.21 bits per heavy atom. The monoisotopic (exact) mass is 553 g/mol. The molecule has 1 aliphatic rings. The standard InChI is InChI=1S/C28H39N5O5Si/c1-18(19-11-12-19)30-25(34)23-31-24(33(32-23)17-36-13-14-39(5,6)7)20-9-8-10-21(15-20)26-29-16-22(37-26)27(35)38-28(2,3)4/h8-10,15-16,18-19H,11-14,17H2,1-7H3,(H,30,34)/t18-/m0/s1. The first-order valence-corrected chi connectivity index (χ1v) is 17.1. The summed E-state index contributed by atoms with van der Waals surface area (Å²) in [6, 6.07) is 8.46. The Labute approximate surface area is 230 Å². The molecule has 1 amide bonds. The zero-order chi connectivity index (χ0) is 28.4. The average molecular weight is 554 g/mol. The molecule has 2 aromatic heterocycles. The molecule has 11 heteroatoms. The van der Waals surface area contributed by atoms with E-state index in [2.05, 4.69) is 40.0 Å². The van der Waals surface area contributed by atoms with Crippen LogP contribution in [0.4, 0.5) is 0 Å². The van der Waals surface area contributed by atoms with Gasteiger partial charge in [0.05, 0.1) is 6.20 Å². The van der Waals surface area contributed by atoms with Crippen LogP contribution in [0.25, 0.3) is 22.8 Å². The summed E-state index contributed by atoms with van der Waals surface area (Å²) < 4.78 is 18.6. The third-order valence-electron chi connectivity index (χ3n) is 6.25. The molecule has 1 fully saturated rings. The zero-order valence-corrected chi connectivity index (χ0v) is 24.9. The third kappa shape index (κ3) is 8.09. The predicted molar refractivity (Wildman–Crippen MR) is 150 cm³/mol. The molecule has 3 aromatic rings. The van der Waals surface area contributed by atoms with E-state index in [0.29, 0.717) is 29.5 Å². The Kier molecular flexibility index (Phi) is 8.41. The molecule has 0 bridgehead atoms. The molecule has 1 N–H and O–H groups in total. The summed E-state index contributed by atoms with van der Waals surface area (Å²) >= 11 is 0. The molecule has 0 spiro atoms. The van der Waals surface area contributed by atoms with Crippen LogP contribution in [0.1, 0.15) is 61.7 Å². The minimum absolute atomic E-state index is 0.0213. The van der Waals surface area contributed by atoms with Gasteiger partial charge in [-0.25, -0.2) is 19.4 Å². The molecule has 210 valence electrons. The van der Waals surface area contributed by atoms with E-state index in [1.165, 1.54) is 6.20 Å². The molecular weight excluding hydrogens is 514 g/mol. The van der Waals surface area contributed by atoms with Crippen LogP contribution in [0.2, 0.25) is 25.7 Å². The highest BCUT2D eigenvalue weighted by molar-refractivity contribution is 6.76. The summed E-state index contributed by atoms with van der Waals surface area (Å²) in [7, 11) is -1.26. The SMILES string of the molecule is C[C@H](NC(=O)c1nc(-c2cccc(-c3ncc(C(=O)OC(C)(C)C)o3)c2)n(COCC[Si](C)(C)C)n1)C1CC1. The van der Waals surface area contributed by atoms with E-state index in [-0.39, 0.29) is 36.2 Å². The lowest BCUT2D eigenvalue weighted by molar-refractivity contribution is 0.00367. The normalized spacial score (nSPS) is 14.7. The number of carbonyl (C=O) groups excluding carboxylic acids is 2. The summed E-state index contributed by atoms with van der Waals surface area (Å²) in [5, 5.41) is 7.52. The number of hydrogen-bond donors (Lipinski definition) is 1. The summed E-state index contributed by atoms with van der Waals surface area (Å²) in [6.07, 6.45) is 3.61. The van der Waals surface area contributed by atoms with E-state index in [0.717, 1.165) is 18.9 Å². The van der Waals surface area contributed by atoms with Gasteiger partial charge in [0.15, 0.2) is 5.82 Å². The summed E-state index contributed by atoms with van der Waals surface area (Å²) in [5.74, 6) is 0.516. The third-order valence-corrected chi connectivity index (χ3v) is 7.95. The predicted octanol–water partition coefficient (Wildman–Crippen LogP) is 5.40. The molecule has 0 aliphatic heterocycles. The second kappa shape index (κ2) is 11.4. The van der Waals surface area contributed by atoms with Crippen molar-refractivity contribution in [3.05, 3.63) is 42.0 Å². The van der Waals surface area contributed by atoms with Crippen molar-refractivity contribution in [2.75, 3.05) is 6.61 Å². The van der Waals surface area contributed by atoms with Crippen molar-refractivity contribution in [1.29, 1.82) is 0 Å². The van der Waals surface area contributed by atoms with Gasteiger partial charge in [0, 0.05) is 31.8 Å². The van der Waals surface area contributed by atoms with Gasteiger partial charge in [-0.2, -0.15) is 0 Å². The van der Waals surface area contributed by atoms with Gasteiger partial charge in [0.1, 0.15) is 12.3 Å². The Hall–Kier alpha value is -3.31. The molecule has 39 heavy (non-hydrogen) atoms. The first-order chi connectivity index (χ1) is 18.3. The molecule has 4 rings (SSSR count). The van der Waals surface area contributed by atoms with Crippen molar-refractivity contribution >= 4 is 20.0 Å². The maximum atomic E-state index is 12.9. The van der Waals surface area contributed by atoms with Crippen LogP contribution in [-0.2, 0) is 16.2 Å². The molecule has 0 saturated heterocycles. The van der Waals surface area contributed by atoms with Crippen LogP contribution < -0.4 is 5.32 Å². The van der Waals surface area contributed by atoms with Gasteiger partial charge >= 0.3 is 5.97 Å². The second-order valence-electron chi connectivity index (χ2n) is 12.3. The van der Waals surface area contributed by atoms with Gasteiger partial charge in [-0.05, 0) is 64.6 Å². The van der Waals surface area contributed by atoms with Gasteiger partial charge in [-0.3, -0.25) is 4.79 Å². The van der Waals surface area contributed by atoms with Crippen LogP contribution in [0, 0.1) is 5.92 Å². The van der Waals surface area contributed by atoms with Crippen molar-refractivity contribution in [3.8, 4) is 22.8 Å².